The zero-order valence-corrected chi connectivity index (χ0v) is 11.1. The van der Waals surface area contributed by atoms with E-state index in [0.717, 1.165) is 12.0 Å². The number of hydrogen-bond donors (Lipinski definition) is 1. The molecule has 2 atom stereocenters. The summed E-state index contributed by atoms with van der Waals surface area (Å²) in [5, 5.41) is 3.46. The van der Waals surface area contributed by atoms with Gasteiger partial charge in [0.15, 0.2) is 0 Å². The highest BCUT2D eigenvalue weighted by atomic mass is 15.1. The van der Waals surface area contributed by atoms with Crippen molar-refractivity contribution >= 4 is 0 Å². The van der Waals surface area contributed by atoms with Crippen LogP contribution in [0.2, 0.25) is 0 Å². The normalized spacial score (nSPS) is 27.6. The minimum atomic E-state index is 0.419. The molecule has 0 aromatic rings. The minimum absolute atomic E-state index is 0.419. The second kappa shape index (κ2) is 5.31. The Morgan fingerprint density at radius 1 is 1.27 bits per heavy atom. The van der Waals surface area contributed by atoms with Gasteiger partial charge in [0.05, 0.1) is 0 Å². The Balaban J connectivity index is 2.34. The van der Waals surface area contributed by atoms with Crippen LogP contribution in [0.1, 0.15) is 40.0 Å². The van der Waals surface area contributed by atoms with Crippen LogP contribution in [0.5, 0.6) is 0 Å². The van der Waals surface area contributed by atoms with E-state index in [1.807, 2.05) is 0 Å². The smallest absolute Gasteiger partial charge is 0.0104 e. The van der Waals surface area contributed by atoms with Crippen LogP contribution in [0.3, 0.4) is 0 Å². The Morgan fingerprint density at radius 3 is 2.47 bits per heavy atom. The fourth-order valence-electron chi connectivity index (χ4n) is 2.91. The van der Waals surface area contributed by atoms with Crippen LogP contribution in [0.15, 0.2) is 0 Å². The largest absolute Gasteiger partial charge is 0.317 e. The van der Waals surface area contributed by atoms with Gasteiger partial charge in [-0.25, -0.2) is 0 Å². The number of nitrogens with zero attached hydrogens (tertiary/aromatic N) is 1. The first-order chi connectivity index (χ1) is 6.92. The second-order valence-electron chi connectivity index (χ2n) is 6.34. The third-order valence-corrected chi connectivity index (χ3v) is 3.32. The van der Waals surface area contributed by atoms with Crippen molar-refractivity contribution < 1.29 is 0 Å². The van der Waals surface area contributed by atoms with Crippen LogP contribution < -0.4 is 5.32 Å². The van der Waals surface area contributed by atoms with Crippen molar-refractivity contribution in [2.45, 2.75) is 46.1 Å². The summed E-state index contributed by atoms with van der Waals surface area (Å²) in [5.41, 5.74) is 0.419. The average molecular weight is 212 g/mol. The number of rotatable bonds is 4. The van der Waals surface area contributed by atoms with Crippen LogP contribution in [-0.4, -0.2) is 38.1 Å². The van der Waals surface area contributed by atoms with E-state index in [1.165, 1.54) is 32.4 Å². The minimum Gasteiger partial charge on any atom is -0.317 e. The fourth-order valence-corrected chi connectivity index (χ4v) is 2.91. The molecule has 0 radical (unpaired) electrons. The maximum Gasteiger partial charge on any atom is 0.0104 e. The van der Waals surface area contributed by atoms with Gasteiger partial charge in [0.25, 0.3) is 0 Å². The molecule has 15 heavy (non-hydrogen) atoms. The predicted octanol–water partition coefficient (Wildman–Crippen LogP) is 2.35. The summed E-state index contributed by atoms with van der Waals surface area (Å²) in [7, 11) is 4.36. The summed E-state index contributed by atoms with van der Waals surface area (Å²) in [4.78, 5) is 2.50. The number of hydrogen-bond acceptors (Lipinski definition) is 2. The van der Waals surface area contributed by atoms with E-state index in [1.54, 1.807) is 0 Å². The fraction of sp³-hybridized carbons (Fsp3) is 1.00. The summed E-state index contributed by atoms with van der Waals surface area (Å²) in [5.74, 6) is 0.863. The molecule has 0 aliphatic heterocycles. The number of nitrogens with one attached hydrogen (secondary N) is 1. The Labute approximate surface area is 95.4 Å². The van der Waals surface area contributed by atoms with Crippen LogP contribution in [0.25, 0.3) is 0 Å². The van der Waals surface area contributed by atoms with Crippen molar-refractivity contribution in [1.82, 2.24) is 10.2 Å². The molecule has 0 bridgehead atoms. The molecule has 2 unspecified atom stereocenters. The molecule has 0 aromatic heterocycles. The quantitative estimate of drug-likeness (QED) is 0.769. The SMILES string of the molecule is CNC1CCCC1CN(C)CC(C)(C)C. The van der Waals surface area contributed by atoms with Gasteiger partial charge in [-0.05, 0) is 38.3 Å². The van der Waals surface area contributed by atoms with E-state index in [0.29, 0.717) is 5.41 Å². The van der Waals surface area contributed by atoms with Crippen molar-refractivity contribution in [2.24, 2.45) is 11.3 Å². The average Bonchev–Trinajstić information content (AvgIpc) is 2.48. The van der Waals surface area contributed by atoms with Gasteiger partial charge in [-0.3, -0.25) is 0 Å². The third kappa shape index (κ3) is 4.52. The Kier molecular flexibility index (Phi) is 4.60. The maximum atomic E-state index is 3.46. The van der Waals surface area contributed by atoms with E-state index >= 15 is 0 Å². The van der Waals surface area contributed by atoms with Gasteiger partial charge in [-0.1, -0.05) is 27.2 Å². The molecule has 2 nitrogen and oxygen atoms in total. The summed E-state index contributed by atoms with van der Waals surface area (Å²) >= 11 is 0. The Bertz CT molecular complexity index is 183. The topological polar surface area (TPSA) is 15.3 Å². The predicted molar refractivity (Wildman–Crippen MR) is 67.1 cm³/mol. The highest BCUT2D eigenvalue weighted by Crippen LogP contribution is 2.26. The highest BCUT2D eigenvalue weighted by molar-refractivity contribution is 4.84. The van der Waals surface area contributed by atoms with Crippen molar-refractivity contribution in [2.75, 3.05) is 27.2 Å². The van der Waals surface area contributed by atoms with Crippen molar-refractivity contribution in [1.29, 1.82) is 0 Å². The molecule has 1 rings (SSSR count). The van der Waals surface area contributed by atoms with Gasteiger partial charge in [-0.15, -0.1) is 0 Å². The maximum absolute atomic E-state index is 3.46. The van der Waals surface area contributed by atoms with E-state index in [4.69, 9.17) is 0 Å². The Morgan fingerprint density at radius 2 is 1.93 bits per heavy atom. The van der Waals surface area contributed by atoms with Crippen molar-refractivity contribution in [3.05, 3.63) is 0 Å². The molecular weight excluding hydrogens is 184 g/mol. The van der Waals surface area contributed by atoms with Gasteiger partial charge in [-0.2, -0.15) is 0 Å². The molecule has 1 N–H and O–H groups in total. The first-order valence-electron chi connectivity index (χ1n) is 6.28. The summed E-state index contributed by atoms with van der Waals surface area (Å²) in [6.45, 7) is 9.39. The molecule has 1 aliphatic carbocycles. The van der Waals surface area contributed by atoms with Gasteiger partial charge >= 0.3 is 0 Å². The highest BCUT2D eigenvalue weighted by Gasteiger charge is 2.27. The molecule has 0 saturated heterocycles. The van der Waals surface area contributed by atoms with Crippen LogP contribution >= 0.6 is 0 Å². The zero-order chi connectivity index (χ0) is 11.5. The van der Waals surface area contributed by atoms with Crippen molar-refractivity contribution in [3.63, 3.8) is 0 Å². The molecular formula is C13H28N2. The summed E-state index contributed by atoms with van der Waals surface area (Å²) < 4.78 is 0. The van der Waals surface area contributed by atoms with E-state index < -0.39 is 0 Å². The molecule has 1 saturated carbocycles. The lowest BCUT2D eigenvalue weighted by Gasteiger charge is -2.30. The first-order valence-corrected chi connectivity index (χ1v) is 6.28. The van der Waals surface area contributed by atoms with Gasteiger partial charge in [0.2, 0.25) is 0 Å². The first kappa shape index (κ1) is 13.0. The van der Waals surface area contributed by atoms with Crippen LogP contribution in [0, 0.1) is 11.3 Å². The molecule has 0 aromatic carbocycles. The standard InChI is InChI=1S/C13H28N2/c1-13(2,3)10-15(5)9-11-7-6-8-12(11)14-4/h11-12,14H,6-10H2,1-5H3. The molecule has 1 aliphatic rings. The molecule has 0 amide bonds. The summed E-state index contributed by atoms with van der Waals surface area (Å²) in [6.07, 6.45) is 4.17. The van der Waals surface area contributed by atoms with Gasteiger partial charge in [0.1, 0.15) is 0 Å². The van der Waals surface area contributed by atoms with Gasteiger partial charge in [0, 0.05) is 19.1 Å². The lowest BCUT2D eigenvalue weighted by atomic mass is 9.95. The lowest BCUT2D eigenvalue weighted by Crippen LogP contribution is -2.39. The van der Waals surface area contributed by atoms with E-state index in [2.05, 4.69) is 45.1 Å². The van der Waals surface area contributed by atoms with Crippen LogP contribution in [-0.2, 0) is 0 Å². The zero-order valence-electron chi connectivity index (χ0n) is 11.1. The lowest BCUT2D eigenvalue weighted by molar-refractivity contribution is 0.190. The molecule has 0 spiro atoms. The second-order valence-corrected chi connectivity index (χ2v) is 6.34. The summed E-state index contributed by atoms with van der Waals surface area (Å²) in [6, 6.07) is 0.757. The molecule has 0 heterocycles. The molecule has 1 fully saturated rings. The third-order valence-electron chi connectivity index (χ3n) is 3.32. The molecule has 2 heteroatoms. The molecule has 90 valence electrons. The van der Waals surface area contributed by atoms with Gasteiger partial charge < -0.3 is 10.2 Å². The Hall–Kier alpha value is -0.0800. The van der Waals surface area contributed by atoms with E-state index in [9.17, 15) is 0 Å². The van der Waals surface area contributed by atoms with E-state index in [-0.39, 0.29) is 0 Å². The van der Waals surface area contributed by atoms with Crippen molar-refractivity contribution in [3.8, 4) is 0 Å². The van der Waals surface area contributed by atoms with Crippen LogP contribution in [0.4, 0.5) is 0 Å². The monoisotopic (exact) mass is 212 g/mol.